The fraction of sp³-hybridized carbons (Fsp3) is 0.917. The van der Waals surface area contributed by atoms with Crippen LogP contribution in [0.2, 0.25) is 0 Å². The molecule has 4 heteroatoms. The molecule has 2 atom stereocenters. The number of rotatable bonds is 7. The van der Waals surface area contributed by atoms with Crippen LogP contribution in [0, 0.1) is 0 Å². The van der Waals surface area contributed by atoms with Gasteiger partial charge in [-0.05, 0) is 25.1 Å². The molecule has 0 bridgehead atoms. The van der Waals surface area contributed by atoms with E-state index in [-0.39, 0.29) is 5.97 Å². The Morgan fingerprint density at radius 1 is 1.44 bits per heavy atom. The van der Waals surface area contributed by atoms with Gasteiger partial charge in [-0.15, -0.1) is 0 Å². The maximum absolute atomic E-state index is 11.8. The molecule has 0 heterocycles. The molecule has 0 aliphatic heterocycles. The highest BCUT2D eigenvalue weighted by molar-refractivity contribution is 8.00. The van der Waals surface area contributed by atoms with Crippen LogP contribution >= 0.6 is 11.8 Å². The molecule has 0 amide bonds. The minimum atomic E-state index is -0.565. The van der Waals surface area contributed by atoms with Crippen LogP contribution in [0.1, 0.15) is 41.0 Å². The Morgan fingerprint density at radius 3 is 2.38 bits per heavy atom. The van der Waals surface area contributed by atoms with E-state index < -0.39 is 5.54 Å². The Balaban J connectivity index is 4.48. The number of esters is 1. The molecule has 0 aliphatic carbocycles. The average Bonchev–Trinajstić information content (AvgIpc) is 2.15. The van der Waals surface area contributed by atoms with Gasteiger partial charge in [0.25, 0.3) is 0 Å². The zero-order valence-corrected chi connectivity index (χ0v) is 12.1. The van der Waals surface area contributed by atoms with Crippen LogP contribution in [0.3, 0.4) is 0 Å². The Kier molecular flexibility index (Phi) is 7.07. The number of hydrogen-bond acceptors (Lipinski definition) is 4. The van der Waals surface area contributed by atoms with Gasteiger partial charge in [0, 0.05) is 5.25 Å². The summed E-state index contributed by atoms with van der Waals surface area (Å²) < 4.78 is 4.86. The highest BCUT2D eigenvalue weighted by Gasteiger charge is 2.35. The monoisotopic (exact) mass is 247 g/mol. The number of carbonyl (C=O) groups excluding carboxylic acids is 1. The molecule has 16 heavy (non-hydrogen) atoms. The second kappa shape index (κ2) is 7.17. The molecule has 0 aromatic carbocycles. The van der Waals surface area contributed by atoms with E-state index in [1.54, 1.807) is 0 Å². The number of ether oxygens (including phenoxy) is 1. The predicted molar refractivity (Wildman–Crippen MR) is 70.9 cm³/mol. The van der Waals surface area contributed by atoms with Crippen molar-refractivity contribution in [3.05, 3.63) is 0 Å². The van der Waals surface area contributed by atoms with E-state index in [9.17, 15) is 4.79 Å². The molecule has 0 rings (SSSR count). The van der Waals surface area contributed by atoms with Gasteiger partial charge >= 0.3 is 5.97 Å². The van der Waals surface area contributed by atoms with Crippen molar-refractivity contribution in [3.63, 3.8) is 0 Å². The number of nitrogens with one attached hydrogen (secondary N) is 1. The molecular formula is C12H25NO2S. The Labute approximate surface area is 104 Å². The summed E-state index contributed by atoms with van der Waals surface area (Å²) in [5, 5.41) is 4.24. The van der Waals surface area contributed by atoms with Crippen LogP contribution in [-0.2, 0) is 9.53 Å². The molecule has 0 spiro atoms. The van der Waals surface area contributed by atoms with Gasteiger partial charge in [-0.1, -0.05) is 27.7 Å². The van der Waals surface area contributed by atoms with Crippen molar-refractivity contribution >= 4 is 17.7 Å². The van der Waals surface area contributed by atoms with Gasteiger partial charge in [0.15, 0.2) is 0 Å². The summed E-state index contributed by atoms with van der Waals surface area (Å²) in [5.74, 6) is -0.175. The van der Waals surface area contributed by atoms with Crippen LogP contribution in [0.25, 0.3) is 0 Å². The minimum Gasteiger partial charge on any atom is -0.468 e. The summed E-state index contributed by atoms with van der Waals surface area (Å²) in [7, 11) is 1.44. The van der Waals surface area contributed by atoms with E-state index in [0.717, 1.165) is 13.0 Å². The lowest BCUT2D eigenvalue weighted by atomic mass is 9.96. The molecule has 0 saturated heterocycles. The summed E-state index contributed by atoms with van der Waals surface area (Å²) in [6.07, 6.45) is 0.788. The second-order valence-electron chi connectivity index (χ2n) is 4.55. The quantitative estimate of drug-likeness (QED) is 0.701. The van der Waals surface area contributed by atoms with Crippen LogP contribution in [0.5, 0.6) is 0 Å². The first-order valence-electron chi connectivity index (χ1n) is 5.84. The Hall–Kier alpha value is -0.220. The zero-order valence-electron chi connectivity index (χ0n) is 11.3. The fourth-order valence-corrected chi connectivity index (χ4v) is 3.29. The summed E-state index contributed by atoms with van der Waals surface area (Å²) in [4.78, 5) is 11.8. The van der Waals surface area contributed by atoms with E-state index in [2.05, 4.69) is 26.1 Å². The normalized spacial score (nSPS) is 16.9. The molecule has 3 nitrogen and oxygen atoms in total. The van der Waals surface area contributed by atoms with Crippen LogP contribution < -0.4 is 5.32 Å². The van der Waals surface area contributed by atoms with Gasteiger partial charge in [-0.2, -0.15) is 11.8 Å². The molecule has 0 fully saturated rings. The predicted octanol–water partition coefficient (Wildman–Crippen LogP) is 2.45. The molecule has 96 valence electrons. The summed E-state index contributed by atoms with van der Waals surface area (Å²) in [5.41, 5.74) is -0.565. The van der Waals surface area contributed by atoms with Gasteiger partial charge < -0.3 is 10.1 Å². The topological polar surface area (TPSA) is 38.3 Å². The number of hydrogen-bond donors (Lipinski definition) is 1. The molecule has 1 N–H and O–H groups in total. The number of carbonyl (C=O) groups is 1. The van der Waals surface area contributed by atoms with Crippen LogP contribution in [0.4, 0.5) is 0 Å². The third-order valence-electron chi connectivity index (χ3n) is 2.40. The van der Waals surface area contributed by atoms with Gasteiger partial charge in [0.05, 0.1) is 7.11 Å². The van der Waals surface area contributed by atoms with E-state index in [4.69, 9.17) is 4.74 Å². The van der Waals surface area contributed by atoms with Crippen molar-refractivity contribution in [2.24, 2.45) is 0 Å². The van der Waals surface area contributed by atoms with Crippen molar-refractivity contribution in [1.29, 1.82) is 0 Å². The molecular weight excluding hydrogens is 222 g/mol. The number of thioether (sulfide) groups is 1. The third kappa shape index (κ3) is 5.21. The van der Waals surface area contributed by atoms with E-state index in [1.807, 2.05) is 25.6 Å². The molecule has 0 aromatic rings. The Bertz CT molecular complexity index is 221. The highest BCUT2D eigenvalue weighted by atomic mass is 32.2. The largest absolute Gasteiger partial charge is 0.468 e. The van der Waals surface area contributed by atoms with Crippen molar-refractivity contribution in [1.82, 2.24) is 5.32 Å². The standard InChI is InChI=1S/C12H25NO2S/c1-7-13-12(5,11(14)15-6)8-10(4)16-9(2)3/h9-10,13H,7-8H2,1-6H3. The maximum Gasteiger partial charge on any atom is 0.325 e. The van der Waals surface area contributed by atoms with Crippen LogP contribution in [0.15, 0.2) is 0 Å². The smallest absolute Gasteiger partial charge is 0.325 e. The SMILES string of the molecule is CCNC(C)(CC(C)SC(C)C)C(=O)OC. The van der Waals surface area contributed by atoms with Crippen molar-refractivity contribution in [3.8, 4) is 0 Å². The van der Waals surface area contributed by atoms with Crippen molar-refractivity contribution in [2.45, 2.75) is 57.1 Å². The number of likely N-dealkylation sites (N-methyl/N-ethyl adjacent to an activating group) is 1. The van der Waals surface area contributed by atoms with E-state index in [0.29, 0.717) is 10.5 Å². The summed E-state index contributed by atoms with van der Waals surface area (Å²) in [6, 6.07) is 0. The fourth-order valence-electron chi connectivity index (χ4n) is 1.93. The van der Waals surface area contributed by atoms with E-state index in [1.165, 1.54) is 7.11 Å². The average molecular weight is 247 g/mol. The zero-order chi connectivity index (χ0) is 12.8. The third-order valence-corrected chi connectivity index (χ3v) is 3.58. The van der Waals surface area contributed by atoms with Gasteiger partial charge in [-0.3, -0.25) is 4.79 Å². The lowest BCUT2D eigenvalue weighted by molar-refractivity contribution is -0.148. The first-order chi connectivity index (χ1) is 7.35. The first kappa shape index (κ1) is 15.8. The second-order valence-corrected chi connectivity index (χ2v) is 6.57. The van der Waals surface area contributed by atoms with Crippen LogP contribution in [-0.4, -0.2) is 35.7 Å². The lowest BCUT2D eigenvalue weighted by Crippen LogP contribution is -2.51. The number of methoxy groups -OCH3 is 1. The molecule has 2 unspecified atom stereocenters. The van der Waals surface area contributed by atoms with Gasteiger partial charge in [-0.25, -0.2) is 0 Å². The van der Waals surface area contributed by atoms with Gasteiger partial charge in [0.1, 0.15) is 5.54 Å². The Morgan fingerprint density at radius 2 is 2.00 bits per heavy atom. The van der Waals surface area contributed by atoms with Crippen molar-refractivity contribution in [2.75, 3.05) is 13.7 Å². The molecule has 0 radical (unpaired) electrons. The highest BCUT2D eigenvalue weighted by Crippen LogP contribution is 2.25. The minimum absolute atomic E-state index is 0.175. The molecule has 0 saturated carbocycles. The molecule has 0 aromatic heterocycles. The lowest BCUT2D eigenvalue weighted by Gasteiger charge is -2.30. The molecule has 0 aliphatic rings. The first-order valence-corrected chi connectivity index (χ1v) is 6.79. The van der Waals surface area contributed by atoms with E-state index >= 15 is 0 Å². The summed E-state index contributed by atoms with van der Waals surface area (Å²) in [6.45, 7) is 11.2. The van der Waals surface area contributed by atoms with Gasteiger partial charge in [0.2, 0.25) is 0 Å². The summed E-state index contributed by atoms with van der Waals surface area (Å²) >= 11 is 1.89. The van der Waals surface area contributed by atoms with Crippen molar-refractivity contribution < 1.29 is 9.53 Å². The maximum atomic E-state index is 11.8.